The fourth-order valence-electron chi connectivity index (χ4n) is 5.40. The molecule has 0 radical (unpaired) electrons. The smallest absolute Gasteiger partial charge is 0.325 e. The van der Waals surface area contributed by atoms with Gasteiger partial charge in [0, 0.05) is 49.1 Å². The average Bonchev–Trinajstić information content (AvgIpc) is 3.43. The lowest BCUT2D eigenvalue weighted by atomic mass is 9.88. The van der Waals surface area contributed by atoms with E-state index in [4.69, 9.17) is 5.26 Å². The summed E-state index contributed by atoms with van der Waals surface area (Å²) in [7, 11) is 0. The van der Waals surface area contributed by atoms with Crippen molar-refractivity contribution in [1.82, 2.24) is 20.0 Å². The number of aromatic amines is 1. The van der Waals surface area contributed by atoms with Gasteiger partial charge in [-0.3, -0.25) is 5.10 Å². The number of amides is 2. The quantitative estimate of drug-likeness (QED) is 0.380. The molecule has 3 heterocycles. The minimum atomic E-state index is -4.66. The van der Waals surface area contributed by atoms with E-state index in [0.717, 1.165) is 24.3 Å². The van der Waals surface area contributed by atoms with Crippen LogP contribution in [0.15, 0.2) is 42.5 Å². The number of rotatable bonds is 3. The highest BCUT2D eigenvalue weighted by Gasteiger charge is 2.36. The van der Waals surface area contributed by atoms with Crippen LogP contribution in [-0.2, 0) is 6.18 Å². The lowest BCUT2D eigenvalue weighted by Crippen LogP contribution is -2.49. The number of likely N-dealkylation sites (tertiary alicyclic amines) is 2. The third kappa shape index (κ3) is 5.60. The van der Waals surface area contributed by atoms with Crippen LogP contribution in [0.25, 0.3) is 22.5 Å². The predicted octanol–water partition coefficient (Wildman–Crippen LogP) is 6.58. The molecule has 0 aliphatic carbocycles. The van der Waals surface area contributed by atoms with Gasteiger partial charge in [0.05, 0.1) is 23.0 Å². The van der Waals surface area contributed by atoms with Crippen molar-refractivity contribution in [3.05, 3.63) is 65.2 Å². The number of nitriles is 1. The largest absolute Gasteiger partial charge is 0.417 e. The van der Waals surface area contributed by atoms with Crippen LogP contribution in [0.1, 0.15) is 42.7 Å². The predicted molar refractivity (Wildman–Crippen MR) is 133 cm³/mol. The van der Waals surface area contributed by atoms with Crippen LogP contribution in [0.4, 0.5) is 26.7 Å². The Hall–Kier alpha value is -3.94. The van der Waals surface area contributed by atoms with Gasteiger partial charge in [-0.15, -0.1) is 0 Å². The second kappa shape index (κ2) is 10.7. The summed E-state index contributed by atoms with van der Waals surface area (Å²) >= 11 is 0. The first-order chi connectivity index (χ1) is 18.6. The lowest BCUT2D eigenvalue weighted by molar-refractivity contribution is -0.137. The van der Waals surface area contributed by atoms with Gasteiger partial charge in [0.1, 0.15) is 11.6 Å². The van der Waals surface area contributed by atoms with Crippen LogP contribution in [0.3, 0.4) is 0 Å². The first-order valence-corrected chi connectivity index (χ1v) is 12.8. The van der Waals surface area contributed by atoms with Crippen LogP contribution in [-0.4, -0.2) is 52.2 Å². The first kappa shape index (κ1) is 26.7. The third-order valence-electron chi connectivity index (χ3n) is 7.53. The molecule has 0 spiro atoms. The van der Waals surface area contributed by atoms with Gasteiger partial charge in [0.2, 0.25) is 0 Å². The van der Waals surface area contributed by atoms with Crippen molar-refractivity contribution in [2.45, 2.75) is 37.8 Å². The molecule has 2 aliphatic rings. The summed E-state index contributed by atoms with van der Waals surface area (Å²) < 4.78 is 69.8. The minimum absolute atomic E-state index is 0.0184. The Bertz CT molecular complexity index is 1400. The Labute approximate surface area is 222 Å². The molecule has 2 saturated heterocycles. The van der Waals surface area contributed by atoms with E-state index in [2.05, 4.69) is 16.3 Å². The number of piperidine rings is 2. The van der Waals surface area contributed by atoms with Crippen molar-refractivity contribution in [2.75, 3.05) is 26.2 Å². The Kier molecular flexibility index (Phi) is 7.30. The highest BCUT2D eigenvalue weighted by atomic mass is 19.4. The molecule has 6 nitrogen and oxygen atoms in total. The van der Waals surface area contributed by atoms with Crippen molar-refractivity contribution in [2.24, 2.45) is 5.92 Å². The second-order valence-corrected chi connectivity index (χ2v) is 10.1. The lowest BCUT2D eigenvalue weighted by Gasteiger charge is -2.38. The molecule has 1 N–H and O–H groups in total. The van der Waals surface area contributed by atoms with Gasteiger partial charge < -0.3 is 9.80 Å². The zero-order valence-corrected chi connectivity index (χ0v) is 20.9. The van der Waals surface area contributed by atoms with Crippen molar-refractivity contribution in [1.29, 1.82) is 5.26 Å². The highest BCUT2D eigenvalue weighted by Crippen LogP contribution is 2.40. The normalized spacial score (nSPS) is 18.7. The van der Waals surface area contributed by atoms with Crippen LogP contribution >= 0.6 is 0 Å². The van der Waals surface area contributed by atoms with Crippen molar-refractivity contribution in [3.8, 4) is 28.6 Å². The molecule has 2 aliphatic heterocycles. The van der Waals surface area contributed by atoms with Gasteiger partial charge in [-0.05, 0) is 67.6 Å². The number of urea groups is 1. The fraction of sp³-hybridized carbons (Fsp3) is 0.393. The second-order valence-electron chi connectivity index (χ2n) is 10.1. The number of nitrogens with zero attached hydrogens (tertiary/aromatic N) is 4. The summed E-state index contributed by atoms with van der Waals surface area (Å²) in [5.74, 6) is -1.67. The van der Waals surface area contributed by atoms with Crippen molar-refractivity contribution in [3.63, 3.8) is 0 Å². The van der Waals surface area contributed by atoms with Crippen LogP contribution < -0.4 is 0 Å². The van der Waals surface area contributed by atoms with E-state index in [1.807, 2.05) is 0 Å². The van der Waals surface area contributed by atoms with E-state index in [1.54, 1.807) is 9.80 Å². The molecule has 2 aromatic carbocycles. The van der Waals surface area contributed by atoms with E-state index >= 15 is 0 Å². The number of carbonyl (C=O) groups excluding carboxylic acids is 1. The van der Waals surface area contributed by atoms with Gasteiger partial charge >= 0.3 is 12.2 Å². The Morgan fingerprint density at radius 1 is 0.974 bits per heavy atom. The molecular formula is C28H26F5N5O. The Morgan fingerprint density at radius 3 is 2.46 bits per heavy atom. The minimum Gasteiger partial charge on any atom is -0.325 e. The molecule has 1 aromatic heterocycles. The Balaban J connectivity index is 1.41. The molecule has 5 rings (SSSR count). The van der Waals surface area contributed by atoms with E-state index < -0.39 is 23.4 Å². The summed E-state index contributed by atoms with van der Waals surface area (Å²) in [5.41, 5.74) is -0.556. The molecule has 2 fully saturated rings. The number of carbonyl (C=O) groups is 1. The van der Waals surface area contributed by atoms with E-state index in [9.17, 15) is 26.7 Å². The maximum absolute atomic E-state index is 14.3. The number of H-pyrrole nitrogens is 1. The monoisotopic (exact) mass is 543 g/mol. The van der Waals surface area contributed by atoms with Gasteiger partial charge in [-0.25, -0.2) is 13.6 Å². The van der Waals surface area contributed by atoms with Crippen LogP contribution in [0.2, 0.25) is 0 Å². The molecule has 0 bridgehead atoms. The highest BCUT2D eigenvalue weighted by molar-refractivity contribution is 5.75. The molecule has 1 unspecified atom stereocenters. The summed E-state index contributed by atoms with van der Waals surface area (Å²) in [5, 5.41) is 15.6. The average molecular weight is 544 g/mol. The number of halogens is 5. The molecule has 0 saturated carbocycles. The summed E-state index contributed by atoms with van der Waals surface area (Å²) in [6.45, 7) is 1.95. The van der Waals surface area contributed by atoms with Gasteiger partial charge in [0.15, 0.2) is 0 Å². The number of nitrogens with one attached hydrogen (secondary N) is 1. The van der Waals surface area contributed by atoms with Crippen molar-refractivity contribution >= 4 is 6.03 Å². The van der Waals surface area contributed by atoms with Crippen LogP contribution in [0.5, 0.6) is 0 Å². The number of benzene rings is 2. The number of alkyl halides is 3. The molecule has 1 atom stereocenters. The zero-order chi connectivity index (χ0) is 27.7. The SMILES string of the molecule is N#CC1CCN(C(=O)N2CCCC(c3ccc(C(F)(F)F)c(-c4cc(-c5cc(F)ccc5F)n[nH]4)c3)C2)CC1. The van der Waals surface area contributed by atoms with E-state index in [-0.39, 0.29) is 40.4 Å². The maximum atomic E-state index is 14.3. The van der Waals surface area contributed by atoms with E-state index in [1.165, 1.54) is 18.2 Å². The summed E-state index contributed by atoms with van der Waals surface area (Å²) in [4.78, 5) is 16.6. The zero-order valence-electron chi connectivity index (χ0n) is 20.9. The molecule has 39 heavy (non-hydrogen) atoms. The van der Waals surface area contributed by atoms with Crippen LogP contribution in [0, 0.1) is 28.9 Å². The van der Waals surface area contributed by atoms with Gasteiger partial charge in [-0.2, -0.15) is 23.5 Å². The molecule has 204 valence electrons. The Morgan fingerprint density at radius 2 is 1.74 bits per heavy atom. The number of aromatic nitrogens is 2. The first-order valence-electron chi connectivity index (χ1n) is 12.8. The summed E-state index contributed by atoms with van der Waals surface area (Å²) in [6.07, 6.45) is -1.99. The molecule has 3 aromatic rings. The molecular weight excluding hydrogens is 517 g/mol. The number of hydrogen-bond acceptors (Lipinski definition) is 3. The molecule has 11 heteroatoms. The maximum Gasteiger partial charge on any atom is 0.417 e. The standard InChI is InChI=1S/C28H26F5N5O/c29-20-4-6-24(30)22(13-20)26-14-25(35-36-26)21-12-18(3-5-23(21)28(31,32)33)19-2-1-9-38(16-19)27(39)37-10-7-17(15-34)8-11-37/h3-6,12-14,17,19H,1-2,7-11,16H2,(H,35,36). The number of hydrogen-bond donors (Lipinski definition) is 1. The van der Waals surface area contributed by atoms with E-state index in [0.29, 0.717) is 57.4 Å². The van der Waals surface area contributed by atoms with Gasteiger partial charge in [0.25, 0.3) is 0 Å². The topological polar surface area (TPSA) is 76.0 Å². The third-order valence-corrected chi connectivity index (χ3v) is 7.53. The summed E-state index contributed by atoms with van der Waals surface area (Å²) in [6, 6.07) is 10.1. The fourth-order valence-corrected chi connectivity index (χ4v) is 5.40. The van der Waals surface area contributed by atoms with Crippen molar-refractivity contribution < 1.29 is 26.7 Å². The molecule has 2 amide bonds. The van der Waals surface area contributed by atoms with Gasteiger partial charge in [-0.1, -0.05) is 6.07 Å².